The molecule has 3 rings (SSSR count). The molecule has 0 spiro atoms. The third kappa shape index (κ3) is 8.37. The Morgan fingerprint density at radius 2 is 1.66 bits per heavy atom. The average Bonchev–Trinajstić information content (AvgIpc) is 2.87. The first kappa shape index (κ1) is 26.2. The molecule has 1 aliphatic rings. The summed E-state index contributed by atoms with van der Waals surface area (Å²) in [5.41, 5.74) is 1.87. The smallest absolute Gasteiger partial charge is 0.309 e. The van der Waals surface area contributed by atoms with E-state index in [0.29, 0.717) is 19.3 Å². The molecule has 2 amide bonds. The molecule has 2 aromatic carbocycles. The molecule has 4 atom stereocenters. The van der Waals surface area contributed by atoms with E-state index in [1.807, 2.05) is 72.8 Å². The zero-order chi connectivity index (χ0) is 25.0. The molecule has 0 saturated carbocycles. The van der Waals surface area contributed by atoms with Crippen LogP contribution in [0.1, 0.15) is 43.4 Å². The van der Waals surface area contributed by atoms with Gasteiger partial charge in [0.05, 0.1) is 24.5 Å². The molecule has 2 aromatic rings. The Morgan fingerprint density at radius 3 is 2.31 bits per heavy atom. The number of benzene rings is 2. The molecule has 0 bridgehead atoms. The van der Waals surface area contributed by atoms with E-state index >= 15 is 0 Å². The molecule has 7 heteroatoms. The van der Waals surface area contributed by atoms with Gasteiger partial charge in [-0.3, -0.25) is 14.4 Å². The van der Waals surface area contributed by atoms with E-state index in [2.05, 4.69) is 10.6 Å². The highest BCUT2D eigenvalue weighted by Gasteiger charge is 2.27. The lowest BCUT2D eigenvalue weighted by Gasteiger charge is -2.24. The summed E-state index contributed by atoms with van der Waals surface area (Å²) in [6, 6.07) is 18.2. The van der Waals surface area contributed by atoms with Gasteiger partial charge in [-0.2, -0.15) is 0 Å². The predicted octanol–water partition coefficient (Wildman–Crippen LogP) is 3.10. The molecular formula is C28H34N2O5. The molecule has 3 N–H and O–H groups in total. The number of cyclic esters (lactones) is 1. The number of amides is 2. The fourth-order valence-electron chi connectivity index (χ4n) is 4.05. The van der Waals surface area contributed by atoms with Crippen molar-refractivity contribution >= 4 is 17.8 Å². The molecule has 0 saturated heterocycles. The second-order valence-corrected chi connectivity index (χ2v) is 8.98. The van der Waals surface area contributed by atoms with Crippen LogP contribution < -0.4 is 10.6 Å². The summed E-state index contributed by atoms with van der Waals surface area (Å²) < 4.78 is 5.70. The van der Waals surface area contributed by atoms with Gasteiger partial charge in [0.1, 0.15) is 6.61 Å². The van der Waals surface area contributed by atoms with E-state index in [9.17, 15) is 19.5 Å². The maximum Gasteiger partial charge on any atom is 0.309 e. The van der Waals surface area contributed by atoms with Crippen LogP contribution in [-0.4, -0.2) is 42.1 Å². The molecule has 0 unspecified atom stereocenters. The van der Waals surface area contributed by atoms with Crippen molar-refractivity contribution in [3.05, 3.63) is 83.9 Å². The highest BCUT2D eigenvalue weighted by Crippen LogP contribution is 2.21. The number of allylic oxidation sites excluding steroid dienone is 2. The highest BCUT2D eigenvalue weighted by molar-refractivity contribution is 5.86. The van der Waals surface area contributed by atoms with Gasteiger partial charge < -0.3 is 20.5 Å². The van der Waals surface area contributed by atoms with Gasteiger partial charge in [-0.1, -0.05) is 72.8 Å². The SMILES string of the molecule is C[C@H](CO)NC(=O)C[C@H]1CC=CC[C@H](Cc2ccccc2)C(=O)OC[C@H](c2ccccc2)NC1=O. The fourth-order valence-corrected chi connectivity index (χ4v) is 4.05. The molecular weight excluding hydrogens is 444 g/mol. The molecule has 186 valence electrons. The van der Waals surface area contributed by atoms with Crippen LogP contribution in [-0.2, 0) is 25.5 Å². The van der Waals surface area contributed by atoms with Crippen LogP contribution in [0.2, 0.25) is 0 Å². The second kappa shape index (κ2) is 13.4. The van der Waals surface area contributed by atoms with Crippen molar-refractivity contribution < 1.29 is 24.2 Å². The molecule has 35 heavy (non-hydrogen) atoms. The number of carbonyl (C=O) groups is 3. The van der Waals surface area contributed by atoms with E-state index in [4.69, 9.17) is 4.74 Å². The molecule has 7 nitrogen and oxygen atoms in total. The number of ether oxygens (including phenoxy) is 1. The number of aliphatic hydroxyl groups is 1. The minimum absolute atomic E-state index is 0.00402. The van der Waals surface area contributed by atoms with Crippen molar-refractivity contribution in [1.29, 1.82) is 0 Å². The molecule has 1 aliphatic heterocycles. The summed E-state index contributed by atoms with van der Waals surface area (Å²) >= 11 is 0. The van der Waals surface area contributed by atoms with E-state index in [-0.39, 0.29) is 49.4 Å². The third-order valence-electron chi connectivity index (χ3n) is 6.06. The van der Waals surface area contributed by atoms with Crippen LogP contribution in [0.25, 0.3) is 0 Å². The lowest BCUT2D eigenvalue weighted by molar-refractivity contribution is -0.150. The topological polar surface area (TPSA) is 105 Å². The number of rotatable bonds is 7. The van der Waals surface area contributed by atoms with Crippen LogP contribution in [0.4, 0.5) is 0 Å². The zero-order valence-electron chi connectivity index (χ0n) is 20.1. The fraction of sp³-hybridized carbons (Fsp3) is 0.393. The van der Waals surface area contributed by atoms with Gasteiger partial charge in [0.2, 0.25) is 11.8 Å². The maximum atomic E-state index is 13.2. The number of aliphatic hydroxyl groups excluding tert-OH is 1. The average molecular weight is 479 g/mol. The van der Waals surface area contributed by atoms with E-state index in [1.165, 1.54) is 0 Å². The normalized spacial score (nSPS) is 22.2. The van der Waals surface area contributed by atoms with Gasteiger partial charge in [-0.05, 0) is 37.3 Å². The summed E-state index contributed by atoms with van der Waals surface area (Å²) in [6.45, 7) is 1.53. The Bertz CT molecular complexity index is 993. The summed E-state index contributed by atoms with van der Waals surface area (Å²) in [6.07, 6.45) is 5.14. The summed E-state index contributed by atoms with van der Waals surface area (Å²) in [4.78, 5) is 38.6. The van der Waals surface area contributed by atoms with E-state index in [0.717, 1.165) is 11.1 Å². The van der Waals surface area contributed by atoms with Crippen LogP contribution in [0, 0.1) is 11.8 Å². The number of hydrogen-bond acceptors (Lipinski definition) is 5. The van der Waals surface area contributed by atoms with Crippen molar-refractivity contribution in [3.8, 4) is 0 Å². The van der Waals surface area contributed by atoms with Gasteiger partial charge in [0.15, 0.2) is 0 Å². The second-order valence-electron chi connectivity index (χ2n) is 8.98. The van der Waals surface area contributed by atoms with Crippen LogP contribution in [0.15, 0.2) is 72.8 Å². The molecule has 0 radical (unpaired) electrons. The van der Waals surface area contributed by atoms with Crippen LogP contribution >= 0.6 is 0 Å². The van der Waals surface area contributed by atoms with Crippen LogP contribution in [0.5, 0.6) is 0 Å². The number of carbonyl (C=O) groups excluding carboxylic acids is 3. The standard InChI is InChI=1S/C28H34N2O5/c1-20(18-31)29-26(32)17-23-14-8-9-15-24(16-21-10-4-2-5-11-21)28(34)35-19-25(30-27(23)33)22-12-6-3-7-13-22/h2-13,20,23-25,31H,14-19H2,1H3,(H,29,32)(H,30,33)/t20-,23-,24-,25-/m1/s1. The quantitative estimate of drug-likeness (QED) is 0.419. The van der Waals surface area contributed by atoms with E-state index < -0.39 is 12.0 Å². The zero-order valence-corrected chi connectivity index (χ0v) is 20.1. The van der Waals surface area contributed by atoms with Crippen molar-refractivity contribution in [2.75, 3.05) is 13.2 Å². The Hall–Kier alpha value is -3.45. The largest absolute Gasteiger partial charge is 0.463 e. The number of esters is 1. The molecule has 0 aromatic heterocycles. The highest BCUT2D eigenvalue weighted by atomic mass is 16.5. The van der Waals surface area contributed by atoms with Gasteiger partial charge in [0.25, 0.3) is 0 Å². The Balaban J connectivity index is 1.81. The lowest BCUT2D eigenvalue weighted by atomic mass is 9.94. The molecule has 0 fully saturated rings. The first-order valence-corrected chi connectivity index (χ1v) is 12.1. The van der Waals surface area contributed by atoms with Crippen molar-refractivity contribution in [2.24, 2.45) is 11.8 Å². The number of hydrogen-bond donors (Lipinski definition) is 3. The predicted molar refractivity (Wildman–Crippen MR) is 133 cm³/mol. The van der Waals surface area contributed by atoms with Crippen molar-refractivity contribution in [3.63, 3.8) is 0 Å². The van der Waals surface area contributed by atoms with Crippen molar-refractivity contribution in [2.45, 2.75) is 44.7 Å². The van der Waals surface area contributed by atoms with Gasteiger partial charge in [0, 0.05) is 12.5 Å². The van der Waals surface area contributed by atoms with Crippen molar-refractivity contribution in [1.82, 2.24) is 10.6 Å². The Kier molecular flexibility index (Phi) is 10.0. The van der Waals surface area contributed by atoms with Gasteiger partial charge >= 0.3 is 5.97 Å². The Morgan fingerprint density at radius 1 is 1.03 bits per heavy atom. The summed E-state index contributed by atoms with van der Waals surface area (Å²) in [7, 11) is 0. The number of nitrogens with one attached hydrogen (secondary N) is 2. The van der Waals surface area contributed by atoms with E-state index in [1.54, 1.807) is 6.92 Å². The maximum absolute atomic E-state index is 13.2. The van der Waals surface area contributed by atoms with Gasteiger partial charge in [-0.25, -0.2) is 0 Å². The first-order valence-electron chi connectivity index (χ1n) is 12.1. The summed E-state index contributed by atoms with van der Waals surface area (Å²) in [5, 5.41) is 14.9. The lowest BCUT2D eigenvalue weighted by Crippen LogP contribution is -2.41. The first-order chi connectivity index (χ1) is 17.0. The Labute approximate surface area is 206 Å². The van der Waals surface area contributed by atoms with Crippen LogP contribution in [0.3, 0.4) is 0 Å². The minimum Gasteiger partial charge on any atom is -0.463 e. The molecule has 0 aliphatic carbocycles. The minimum atomic E-state index is -0.592. The molecule has 1 heterocycles. The third-order valence-corrected chi connectivity index (χ3v) is 6.06. The summed E-state index contributed by atoms with van der Waals surface area (Å²) in [5.74, 6) is -1.83. The monoisotopic (exact) mass is 478 g/mol. The van der Waals surface area contributed by atoms with Gasteiger partial charge in [-0.15, -0.1) is 0 Å².